The molecule has 0 saturated heterocycles. The fraction of sp³-hybridized carbons (Fsp3) is 0.0909. The Kier molecular flexibility index (Phi) is 7.54. The van der Waals surface area contributed by atoms with Gasteiger partial charge >= 0.3 is 0 Å². The van der Waals surface area contributed by atoms with Crippen LogP contribution in [0.3, 0.4) is 0 Å². The molecular formula is C44H36N2. The highest BCUT2D eigenvalue weighted by Crippen LogP contribution is 2.38. The van der Waals surface area contributed by atoms with Gasteiger partial charge < -0.3 is 9.80 Å². The zero-order valence-electron chi connectivity index (χ0n) is 25.8. The molecule has 0 fully saturated rings. The van der Waals surface area contributed by atoms with Gasteiger partial charge in [0.1, 0.15) is 0 Å². The van der Waals surface area contributed by atoms with Crippen LogP contribution in [0.5, 0.6) is 0 Å². The molecule has 0 N–H and O–H groups in total. The molecule has 8 rings (SSSR count). The van der Waals surface area contributed by atoms with Gasteiger partial charge in [0.25, 0.3) is 0 Å². The largest absolute Gasteiger partial charge is 0.334 e. The highest BCUT2D eigenvalue weighted by atomic mass is 15.2. The van der Waals surface area contributed by atoms with Gasteiger partial charge in [-0.3, -0.25) is 0 Å². The van der Waals surface area contributed by atoms with E-state index in [4.69, 9.17) is 0 Å². The van der Waals surface area contributed by atoms with Crippen LogP contribution in [-0.4, -0.2) is 6.04 Å². The summed E-state index contributed by atoms with van der Waals surface area (Å²) in [6, 6.07) is 52.9. The van der Waals surface area contributed by atoms with Crippen molar-refractivity contribution in [3.8, 4) is 0 Å². The Bertz CT molecular complexity index is 2070. The van der Waals surface area contributed by atoms with Gasteiger partial charge in [-0.2, -0.15) is 0 Å². The molecule has 0 spiro atoms. The number of anilines is 5. The Balaban J connectivity index is 1.07. The second-order valence-electron chi connectivity index (χ2n) is 12.1. The lowest BCUT2D eigenvalue weighted by molar-refractivity contribution is 0.787. The van der Waals surface area contributed by atoms with Gasteiger partial charge in [-0.1, -0.05) is 115 Å². The monoisotopic (exact) mass is 592 g/mol. The van der Waals surface area contributed by atoms with Gasteiger partial charge in [0.15, 0.2) is 0 Å². The zero-order valence-corrected chi connectivity index (χ0v) is 25.8. The lowest BCUT2D eigenvalue weighted by Crippen LogP contribution is -2.30. The van der Waals surface area contributed by atoms with Crippen molar-refractivity contribution in [1.29, 1.82) is 0 Å². The summed E-state index contributed by atoms with van der Waals surface area (Å²) in [5, 5.41) is 2.52. The molecular weight excluding hydrogens is 556 g/mol. The van der Waals surface area contributed by atoms with Gasteiger partial charge in [0.05, 0.1) is 6.04 Å². The van der Waals surface area contributed by atoms with E-state index in [0.29, 0.717) is 0 Å². The summed E-state index contributed by atoms with van der Waals surface area (Å²) < 4.78 is 0. The fourth-order valence-corrected chi connectivity index (χ4v) is 6.85. The Morgan fingerprint density at radius 2 is 1.20 bits per heavy atom. The Morgan fingerprint density at radius 3 is 1.96 bits per heavy atom. The van der Waals surface area contributed by atoms with E-state index in [9.17, 15) is 0 Å². The summed E-state index contributed by atoms with van der Waals surface area (Å²) >= 11 is 0. The molecule has 0 amide bonds. The number of hydrogen-bond donors (Lipinski definition) is 0. The summed E-state index contributed by atoms with van der Waals surface area (Å²) in [5.74, 6) is 0. The van der Waals surface area contributed by atoms with E-state index in [1.165, 1.54) is 50.1 Å². The topological polar surface area (TPSA) is 6.48 Å². The van der Waals surface area contributed by atoms with Gasteiger partial charge in [0, 0.05) is 28.4 Å². The molecule has 46 heavy (non-hydrogen) atoms. The van der Waals surface area contributed by atoms with Crippen molar-refractivity contribution >= 4 is 50.9 Å². The van der Waals surface area contributed by atoms with Crippen molar-refractivity contribution < 1.29 is 0 Å². The van der Waals surface area contributed by atoms with Crippen molar-refractivity contribution in [3.05, 3.63) is 187 Å². The average Bonchev–Trinajstić information content (AvgIpc) is 3.13. The molecule has 0 bridgehead atoms. The zero-order chi connectivity index (χ0) is 30.7. The minimum Gasteiger partial charge on any atom is -0.334 e. The lowest BCUT2D eigenvalue weighted by atomic mass is 9.95. The van der Waals surface area contributed by atoms with E-state index < -0.39 is 0 Å². The number of benzene rings is 6. The first-order valence-corrected chi connectivity index (χ1v) is 16.3. The molecule has 2 heteroatoms. The predicted molar refractivity (Wildman–Crippen MR) is 197 cm³/mol. The van der Waals surface area contributed by atoms with Crippen LogP contribution in [0.25, 0.3) is 22.4 Å². The molecule has 0 saturated carbocycles. The van der Waals surface area contributed by atoms with E-state index in [1.807, 2.05) is 0 Å². The quantitative estimate of drug-likeness (QED) is 0.182. The molecule has 222 valence electrons. The first-order chi connectivity index (χ1) is 22.8. The number of nitrogens with zero attached hydrogens (tertiary/aromatic N) is 2. The standard InChI is InChI=1S/C44H36N2/c1-3-15-39(16-4-1)45(43-29-23-33-11-7-9-13-37(33)31-43)41-25-19-35(20-26-41)36-21-27-42(28-22-36)46(40-17-5-2-6-18-40)44-30-24-34-12-8-10-14-38(34)32-44/h1-9,11-13,15-25,27-32,41H,10,14,26H2. The maximum Gasteiger partial charge on any atom is 0.0560 e. The van der Waals surface area contributed by atoms with Crippen LogP contribution in [0.4, 0.5) is 28.4 Å². The normalized spacial score (nSPS) is 15.3. The van der Waals surface area contributed by atoms with E-state index in [1.54, 1.807) is 0 Å². The van der Waals surface area contributed by atoms with Crippen molar-refractivity contribution in [2.24, 2.45) is 0 Å². The molecule has 1 unspecified atom stereocenters. The highest BCUT2D eigenvalue weighted by molar-refractivity contribution is 5.87. The van der Waals surface area contributed by atoms with Gasteiger partial charge in [-0.05, 0) is 113 Å². The highest BCUT2D eigenvalue weighted by Gasteiger charge is 2.21. The van der Waals surface area contributed by atoms with Crippen LogP contribution in [-0.2, 0) is 6.42 Å². The second kappa shape index (κ2) is 12.4. The lowest BCUT2D eigenvalue weighted by Gasteiger charge is -2.33. The van der Waals surface area contributed by atoms with Crippen LogP contribution in [0.15, 0.2) is 170 Å². The van der Waals surface area contributed by atoms with Gasteiger partial charge in [-0.25, -0.2) is 0 Å². The molecule has 0 heterocycles. The minimum absolute atomic E-state index is 0.221. The van der Waals surface area contributed by atoms with Crippen LogP contribution < -0.4 is 9.80 Å². The smallest absolute Gasteiger partial charge is 0.0560 e. The number of rotatable bonds is 7. The summed E-state index contributed by atoms with van der Waals surface area (Å²) in [6.45, 7) is 0. The molecule has 2 aliphatic carbocycles. The summed E-state index contributed by atoms with van der Waals surface area (Å²) in [4.78, 5) is 4.83. The van der Waals surface area contributed by atoms with Crippen LogP contribution in [0.1, 0.15) is 29.5 Å². The number of aryl methyl sites for hydroxylation is 1. The average molecular weight is 593 g/mol. The Hall–Kier alpha value is -5.60. The minimum atomic E-state index is 0.221. The van der Waals surface area contributed by atoms with E-state index in [0.717, 1.165) is 30.6 Å². The maximum absolute atomic E-state index is 2.46. The van der Waals surface area contributed by atoms with E-state index in [-0.39, 0.29) is 6.04 Å². The van der Waals surface area contributed by atoms with E-state index >= 15 is 0 Å². The van der Waals surface area contributed by atoms with Gasteiger partial charge in [0.2, 0.25) is 0 Å². The van der Waals surface area contributed by atoms with Crippen molar-refractivity contribution in [3.63, 3.8) is 0 Å². The van der Waals surface area contributed by atoms with Gasteiger partial charge in [-0.15, -0.1) is 0 Å². The SMILES string of the molecule is C1=Cc2ccc(N(c3ccccc3)c3ccc(C4=CCC(N(c5ccccc5)c5ccc6ccccc6c5)C=C4)cc3)cc2CC1. The van der Waals surface area contributed by atoms with E-state index in [2.05, 4.69) is 186 Å². The molecule has 0 aliphatic heterocycles. The maximum atomic E-state index is 2.46. The predicted octanol–water partition coefficient (Wildman–Crippen LogP) is 11.8. The third-order valence-corrected chi connectivity index (χ3v) is 9.19. The number of fused-ring (bicyclic) bond motifs is 2. The molecule has 0 radical (unpaired) electrons. The Morgan fingerprint density at radius 1 is 0.522 bits per heavy atom. The van der Waals surface area contributed by atoms with Crippen LogP contribution in [0.2, 0.25) is 0 Å². The fourth-order valence-electron chi connectivity index (χ4n) is 6.85. The first-order valence-electron chi connectivity index (χ1n) is 16.3. The third kappa shape index (κ3) is 5.55. The molecule has 0 aromatic heterocycles. The summed E-state index contributed by atoms with van der Waals surface area (Å²) in [7, 11) is 0. The van der Waals surface area contributed by atoms with Crippen LogP contribution >= 0.6 is 0 Å². The van der Waals surface area contributed by atoms with Crippen LogP contribution in [0, 0.1) is 0 Å². The summed E-state index contributed by atoms with van der Waals surface area (Å²) in [6.07, 6.45) is 14.7. The van der Waals surface area contributed by atoms with Crippen molar-refractivity contribution in [2.75, 3.05) is 9.80 Å². The molecule has 1 atom stereocenters. The summed E-state index contributed by atoms with van der Waals surface area (Å²) in [5.41, 5.74) is 11.2. The third-order valence-electron chi connectivity index (χ3n) is 9.19. The molecule has 2 aliphatic rings. The number of hydrogen-bond acceptors (Lipinski definition) is 2. The van der Waals surface area contributed by atoms with Crippen molar-refractivity contribution in [2.45, 2.75) is 25.3 Å². The number of para-hydroxylation sites is 2. The number of allylic oxidation sites excluding steroid dienone is 3. The molecule has 2 nitrogen and oxygen atoms in total. The second-order valence-corrected chi connectivity index (χ2v) is 12.1. The first kappa shape index (κ1) is 27.9. The Labute approximate surface area is 271 Å². The van der Waals surface area contributed by atoms with Crippen molar-refractivity contribution in [1.82, 2.24) is 0 Å². The molecule has 6 aromatic carbocycles. The molecule has 6 aromatic rings.